The fourth-order valence-corrected chi connectivity index (χ4v) is 2.82. The monoisotopic (exact) mass is 365 g/mol. The van der Waals surface area contributed by atoms with Crippen LogP contribution in [0.4, 0.5) is 0 Å². The van der Waals surface area contributed by atoms with Crippen LogP contribution in [0.1, 0.15) is 16.7 Å². The van der Waals surface area contributed by atoms with Crippen LogP contribution in [-0.2, 0) is 13.1 Å². The van der Waals surface area contributed by atoms with Crippen LogP contribution < -0.4 is 5.73 Å². The first-order valence-corrected chi connectivity index (χ1v) is 7.68. The number of hydrogen-bond acceptors (Lipinski definition) is 2. The van der Waals surface area contributed by atoms with Crippen molar-refractivity contribution in [2.75, 3.05) is 7.05 Å². The Balaban J connectivity index is 2.06. The van der Waals surface area contributed by atoms with E-state index in [0.29, 0.717) is 10.6 Å². The summed E-state index contributed by atoms with van der Waals surface area (Å²) in [7, 11) is 2.05. The summed E-state index contributed by atoms with van der Waals surface area (Å²) in [6.45, 7) is 1.58. The van der Waals surface area contributed by atoms with Gasteiger partial charge in [0.05, 0.1) is 0 Å². The normalized spacial score (nSPS) is 10.9. The molecule has 0 aromatic heterocycles. The second-order valence-corrected chi connectivity index (χ2v) is 6.34. The smallest absolute Gasteiger partial charge is 0.122 e. The van der Waals surface area contributed by atoms with Crippen LogP contribution in [0.15, 0.2) is 46.9 Å². The van der Waals surface area contributed by atoms with Gasteiger partial charge >= 0.3 is 0 Å². The molecule has 21 heavy (non-hydrogen) atoms. The summed E-state index contributed by atoms with van der Waals surface area (Å²) in [5.41, 5.74) is 8.38. The minimum atomic E-state index is 0.0333. The Hall–Kier alpha value is -1.36. The first-order chi connectivity index (χ1) is 9.95. The lowest BCUT2D eigenvalue weighted by atomic mass is 10.1. The molecule has 2 aromatic carbocycles. The number of rotatable bonds is 5. The zero-order chi connectivity index (χ0) is 15.4. The second-order valence-electron chi connectivity index (χ2n) is 5.02. The van der Waals surface area contributed by atoms with Crippen molar-refractivity contribution in [2.24, 2.45) is 5.73 Å². The summed E-state index contributed by atoms with van der Waals surface area (Å²) in [6.07, 6.45) is 0. The van der Waals surface area contributed by atoms with E-state index in [1.807, 2.05) is 24.3 Å². The van der Waals surface area contributed by atoms with Crippen molar-refractivity contribution in [3.8, 4) is 0 Å². The van der Waals surface area contributed by atoms with E-state index in [1.165, 1.54) is 5.56 Å². The zero-order valence-corrected chi connectivity index (χ0v) is 14.1. The van der Waals surface area contributed by atoms with Gasteiger partial charge in [0.15, 0.2) is 0 Å². The van der Waals surface area contributed by atoms with Gasteiger partial charge < -0.3 is 5.73 Å². The molecule has 0 fully saturated rings. The predicted octanol–water partition coefficient (Wildman–Crippen LogP) is 4.02. The molecule has 0 aliphatic heterocycles. The number of benzene rings is 2. The molecule has 3 nitrogen and oxygen atoms in total. The number of halogens is 2. The number of nitrogens with zero attached hydrogens (tertiary/aromatic N) is 1. The zero-order valence-electron chi connectivity index (χ0n) is 11.7. The highest BCUT2D eigenvalue weighted by Gasteiger charge is 2.07. The Bertz CT molecular complexity index is 658. The number of hydrogen-bond donors (Lipinski definition) is 2. The van der Waals surface area contributed by atoms with Crippen molar-refractivity contribution in [1.29, 1.82) is 5.41 Å². The number of amidine groups is 1. The Morgan fingerprint density at radius 2 is 2.00 bits per heavy atom. The maximum absolute atomic E-state index is 7.42. The van der Waals surface area contributed by atoms with Gasteiger partial charge in [0.25, 0.3) is 0 Å². The Kier molecular flexibility index (Phi) is 5.39. The van der Waals surface area contributed by atoms with Crippen LogP contribution in [0.5, 0.6) is 0 Å². The lowest BCUT2D eigenvalue weighted by Crippen LogP contribution is -2.18. The highest BCUT2D eigenvalue weighted by atomic mass is 79.9. The van der Waals surface area contributed by atoms with E-state index in [1.54, 1.807) is 6.07 Å². The standard InChI is InChI=1S/C16H17BrClN3/c1-21(9-11-3-2-4-14(17)7-11)10-13-6-5-12(16(19)20)8-15(13)18/h2-8H,9-10H2,1H3,(H3,19,20). The summed E-state index contributed by atoms with van der Waals surface area (Å²) >= 11 is 9.74. The summed E-state index contributed by atoms with van der Waals surface area (Å²) < 4.78 is 1.08. The Morgan fingerprint density at radius 1 is 1.24 bits per heavy atom. The third-order valence-corrected chi connectivity index (χ3v) is 3.99. The molecule has 0 radical (unpaired) electrons. The fourth-order valence-electron chi connectivity index (χ4n) is 2.14. The number of nitrogens with two attached hydrogens (primary N) is 1. The van der Waals surface area contributed by atoms with E-state index in [2.05, 4.69) is 40.0 Å². The predicted molar refractivity (Wildman–Crippen MR) is 91.8 cm³/mol. The van der Waals surface area contributed by atoms with Crippen molar-refractivity contribution < 1.29 is 0 Å². The average Bonchev–Trinajstić information content (AvgIpc) is 2.40. The molecule has 2 aromatic rings. The van der Waals surface area contributed by atoms with Gasteiger partial charge in [-0.2, -0.15) is 0 Å². The average molecular weight is 367 g/mol. The van der Waals surface area contributed by atoms with Gasteiger partial charge in [0.2, 0.25) is 0 Å². The van der Waals surface area contributed by atoms with Crippen molar-refractivity contribution in [3.05, 3.63) is 68.7 Å². The van der Waals surface area contributed by atoms with Gasteiger partial charge in [-0.3, -0.25) is 10.3 Å². The summed E-state index contributed by atoms with van der Waals surface area (Å²) in [5.74, 6) is 0.0333. The lowest BCUT2D eigenvalue weighted by molar-refractivity contribution is 0.319. The van der Waals surface area contributed by atoms with E-state index in [0.717, 1.165) is 23.1 Å². The van der Waals surface area contributed by atoms with Crippen LogP contribution in [0, 0.1) is 5.41 Å². The molecule has 0 heterocycles. The molecule has 0 bridgehead atoms. The first-order valence-electron chi connectivity index (χ1n) is 6.51. The molecule has 5 heteroatoms. The summed E-state index contributed by atoms with van der Waals surface area (Å²) in [4.78, 5) is 2.19. The third-order valence-electron chi connectivity index (χ3n) is 3.15. The Labute approximate surface area is 138 Å². The molecular formula is C16H17BrClN3. The third kappa shape index (κ3) is 4.56. The highest BCUT2D eigenvalue weighted by Crippen LogP contribution is 2.20. The van der Waals surface area contributed by atoms with E-state index in [4.69, 9.17) is 22.7 Å². The van der Waals surface area contributed by atoms with Gasteiger partial charge in [-0.15, -0.1) is 0 Å². The van der Waals surface area contributed by atoms with Gasteiger partial charge in [0.1, 0.15) is 5.84 Å². The summed E-state index contributed by atoms with van der Waals surface area (Å²) in [5, 5.41) is 8.06. The van der Waals surface area contributed by atoms with Gasteiger partial charge in [0, 0.05) is 28.1 Å². The van der Waals surface area contributed by atoms with E-state index in [-0.39, 0.29) is 5.84 Å². The number of nitrogen functional groups attached to an aromatic ring is 1. The largest absolute Gasteiger partial charge is 0.384 e. The molecule has 0 amide bonds. The quantitative estimate of drug-likeness (QED) is 0.620. The van der Waals surface area contributed by atoms with Crippen molar-refractivity contribution in [1.82, 2.24) is 4.90 Å². The molecule has 0 saturated carbocycles. The lowest BCUT2D eigenvalue weighted by Gasteiger charge is -2.18. The van der Waals surface area contributed by atoms with E-state index < -0.39 is 0 Å². The molecule has 0 aliphatic carbocycles. The second kappa shape index (κ2) is 7.07. The van der Waals surface area contributed by atoms with E-state index >= 15 is 0 Å². The molecule has 0 spiro atoms. The molecule has 2 rings (SSSR count). The fraction of sp³-hybridized carbons (Fsp3) is 0.188. The highest BCUT2D eigenvalue weighted by molar-refractivity contribution is 9.10. The maximum atomic E-state index is 7.42. The topological polar surface area (TPSA) is 53.1 Å². The van der Waals surface area contributed by atoms with Crippen molar-refractivity contribution in [3.63, 3.8) is 0 Å². The van der Waals surface area contributed by atoms with Crippen LogP contribution in [0.25, 0.3) is 0 Å². The maximum Gasteiger partial charge on any atom is 0.122 e. The molecule has 0 saturated heterocycles. The number of nitrogens with one attached hydrogen (secondary N) is 1. The van der Waals surface area contributed by atoms with E-state index in [9.17, 15) is 0 Å². The minimum absolute atomic E-state index is 0.0333. The molecular weight excluding hydrogens is 350 g/mol. The SMILES string of the molecule is CN(Cc1cccc(Br)c1)Cc1ccc(C(=N)N)cc1Cl. The van der Waals surface area contributed by atoms with Crippen molar-refractivity contribution >= 4 is 33.4 Å². The molecule has 0 aliphatic rings. The van der Waals surface area contributed by atoms with Crippen molar-refractivity contribution in [2.45, 2.75) is 13.1 Å². The van der Waals surface area contributed by atoms with Gasteiger partial charge in [-0.05, 0) is 36.4 Å². The van der Waals surface area contributed by atoms with Crippen LogP contribution in [0.2, 0.25) is 5.02 Å². The molecule has 0 atom stereocenters. The van der Waals surface area contributed by atoms with Crippen LogP contribution in [0.3, 0.4) is 0 Å². The van der Waals surface area contributed by atoms with Crippen LogP contribution >= 0.6 is 27.5 Å². The Morgan fingerprint density at radius 3 is 2.62 bits per heavy atom. The first kappa shape index (κ1) is 16.0. The van der Waals surface area contributed by atoms with Crippen LogP contribution in [-0.4, -0.2) is 17.8 Å². The summed E-state index contributed by atoms with van der Waals surface area (Å²) in [6, 6.07) is 13.8. The van der Waals surface area contributed by atoms with Gasteiger partial charge in [-0.1, -0.05) is 51.8 Å². The molecule has 3 N–H and O–H groups in total. The molecule has 0 unspecified atom stereocenters. The molecule has 110 valence electrons. The van der Waals surface area contributed by atoms with Gasteiger partial charge in [-0.25, -0.2) is 0 Å². The minimum Gasteiger partial charge on any atom is -0.384 e.